The third-order valence-corrected chi connectivity index (χ3v) is 4.04. The summed E-state index contributed by atoms with van der Waals surface area (Å²) < 4.78 is 0. The van der Waals surface area contributed by atoms with Crippen molar-refractivity contribution in [2.24, 2.45) is 5.92 Å². The second-order valence-corrected chi connectivity index (χ2v) is 6.01. The third-order valence-electron chi connectivity index (χ3n) is 4.04. The SMILES string of the molecule is CC(C)c1ccc(CC(=O)CCC2CCNC2)cc1. The van der Waals surface area contributed by atoms with E-state index in [1.807, 2.05) is 0 Å². The van der Waals surface area contributed by atoms with Gasteiger partial charge in [0.15, 0.2) is 0 Å². The van der Waals surface area contributed by atoms with E-state index >= 15 is 0 Å². The Balaban J connectivity index is 1.77. The number of hydrogen-bond donors (Lipinski definition) is 1. The Morgan fingerprint density at radius 3 is 2.63 bits per heavy atom. The number of ketones is 1. The maximum Gasteiger partial charge on any atom is 0.137 e. The number of carbonyl (C=O) groups excluding carboxylic acids is 1. The van der Waals surface area contributed by atoms with E-state index in [0.29, 0.717) is 24.0 Å². The molecule has 1 aliphatic heterocycles. The van der Waals surface area contributed by atoms with Crippen molar-refractivity contribution < 1.29 is 4.79 Å². The number of carbonyl (C=O) groups is 1. The molecule has 0 aliphatic carbocycles. The van der Waals surface area contributed by atoms with Crippen LogP contribution in [0.2, 0.25) is 0 Å². The Bertz CT molecular complexity index is 402. The van der Waals surface area contributed by atoms with Crippen molar-refractivity contribution in [2.75, 3.05) is 13.1 Å². The molecule has 2 rings (SSSR count). The molecule has 0 amide bonds. The van der Waals surface area contributed by atoms with Gasteiger partial charge in [-0.3, -0.25) is 4.79 Å². The Morgan fingerprint density at radius 1 is 1.32 bits per heavy atom. The Labute approximate surface area is 116 Å². The van der Waals surface area contributed by atoms with Crippen LogP contribution in [0.5, 0.6) is 0 Å². The summed E-state index contributed by atoms with van der Waals surface area (Å²) in [7, 11) is 0. The summed E-state index contributed by atoms with van der Waals surface area (Å²) in [6, 6.07) is 8.50. The molecular weight excluding hydrogens is 234 g/mol. The quantitative estimate of drug-likeness (QED) is 0.849. The first-order valence-electron chi connectivity index (χ1n) is 7.46. The van der Waals surface area contributed by atoms with Gasteiger partial charge >= 0.3 is 0 Å². The fourth-order valence-corrected chi connectivity index (χ4v) is 2.66. The minimum atomic E-state index is 0.379. The summed E-state index contributed by atoms with van der Waals surface area (Å²) >= 11 is 0. The lowest BCUT2D eigenvalue weighted by Crippen LogP contribution is -2.11. The second kappa shape index (κ2) is 6.85. The molecule has 1 fully saturated rings. The summed E-state index contributed by atoms with van der Waals surface area (Å²) in [6.07, 6.45) is 3.61. The van der Waals surface area contributed by atoms with E-state index < -0.39 is 0 Å². The molecule has 1 unspecified atom stereocenters. The molecule has 104 valence electrons. The highest BCUT2D eigenvalue weighted by atomic mass is 16.1. The Kier molecular flexibility index (Phi) is 5.15. The van der Waals surface area contributed by atoms with E-state index in [4.69, 9.17) is 0 Å². The molecule has 0 bridgehead atoms. The standard InChI is InChI=1S/C17H25NO/c1-13(2)16-6-3-14(4-7-16)11-17(19)8-5-15-9-10-18-12-15/h3-4,6-7,13,15,18H,5,8-12H2,1-2H3. The lowest BCUT2D eigenvalue weighted by Gasteiger charge is -2.08. The van der Waals surface area contributed by atoms with Gasteiger partial charge in [0.2, 0.25) is 0 Å². The minimum Gasteiger partial charge on any atom is -0.316 e. The van der Waals surface area contributed by atoms with Crippen molar-refractivity contribution in [1.29, 1.82) is 0 Å². The molecule has 0 saturated carbocycles. The van der Waals surface area contributed by atoms with E-state index in [1.54, 1.807) is 0 Å². The molecule has 2 nitrogen and oxygen atoms in total. The number of hydrogen-bond acceptors (Lipinski definition) is 2. The van der Waals surface area contributed by atoms with Gasteiger partial charge in [-0.05, 0) is 48.9 Å². The van der Waals surface area contributed by atoms with E-state index in [0.717, 1.165) is 31.5 Å². The van der Waals surface area contributed by atoms with Crippen molar-refractivity contribution in [3.63, 3.8) is 0 Å². The molecule has 1 saturated heterocycles. The number of Topliss-reactive ketones (excluding diaryl/α,β-unsaturated/α-hetero) is 1. The fraction of sp³-hybridized carbons (Fsp3) is 0.588. The van der Waals surface area contributed by atoms with E-state index in [-0.39, 0.29) is 0 Å². The van der Waals surface area contributed by atoms with E-state index in [1.165, 1.54) is 12.0 Å². The molecule has 1 heterocycles. The number of nitrogens with one attached hydrogen (secondary N) is 1. The normalized spacial score (nSPS) is 19.0. The van der Waals surface area contributed by atoms with Crippen LogP contribution in [0.1, 0.15) is 50.2 Å². The summed E-state index contributed by atoms with van der Waals surface area (Å²) in [6.45, 7) is 6.59. The maximum atomic E-state index is 12.0. The van der Waals surface area contributed by atoms with Gasteiger partial charge in [-0.2, -0.15) is 0 Å². The minimum absolute atomic E-state index is 0.379. The predicted molar refractivity (Wildman–Crippen MR) is 79.5 cm³/mol. The average molecular weight is 259 g/mol. The van der Waals surface area contributed by atoms with Crippen LogP contribution in [0.15, 0.2) is 24.3 Å². The molecule has 1 aromatic rings. The van der Waals surface area contributed by atoms with Crippen molar-refractivity contribution in [3.05, 3.63) is 35.4 Å². The first kappa shape index (κ1) is 14.3. The van der Waals surface area contributed by atoms with Gasteiger partial charge in [-0.1, -0.05) is 38.1 Å². The van der Waals surface area contributed by atoms with Crippen LogP contribution >= 0.6 is 0 Å². The van der Waals surface area contributed by atoms with E-state index in [9.17, 15) is 4.79 Å². The highest BCUT2D eigenvalue weighted by Gasteiger charge is 2.15. The van der Waals surface area contributed by atoms with Gasteiger partial charge in [-0.25, -0.2) is 0 Å². The summed E-state index contributed by atoms with van der Waals surface area (Å²) in [5, 5.41) is 3.35. The summed E-state index contributed by atoms with van der Waals surface area (Å²) in [5.41, 5.74) is 2.49. The molecule has 2 heteroatoms. The zero-order valence-electron chi connectivity index (χ0n) is 12.1. The monoisotopic (exact) mass is 259 g/mol. The first-order valence-corrected chi connectivity index (χ1v) is 7.46. The van der Waals surface area contributed by atoms with Gasteiger partial charge < -0.3 is 5.32 Å². The maximum absolute atomic E-state index is 12.0. The Morgan fingerprint density at radius 2 is 2.05 bits per heavy atom. The molecule has 1 aliphatic rings. The van der Waals surface area contributed by atoms with Gasteiger partial charge in [0.1, 0.15) is 5.78 Å². The number of rotatable bonds is 6. The van der Waals surface area contributed by atoms with Crippen LogP contribution in [0.25, 0.3) is 0 Å². The highest BCUT2D eigenvalue weighted by Crippen LogP contribution is 2.17. The molecule has 19 heavy (non-hydrogen) atoms. The van der Waals surface area contributed by atoms with Crippen molar-refractivity contribution in [1.82, 2.24) is 5.32 Å². The van der Waals surface area contributed by atoms with Crippen LogP contribution in [-0.2, 0) is 11.2 Å². The lowest BCUT2D eigenvalue weighted by atomic mass is 9.96. The largest absolute Gasteiger partial charge is 0.316 e. The van der Waals surface area contributed by atoms with Crippen LogP contribution in [0.3, 0.4) is 0 Å². The van der Waals surface area contributed by atoms with Crippen LogP contribution in [0, 0.1) is 5.92 Å². The second-order valence-electron chi connectivity index (χ2n) is 6.01. The zero-order chi connectivity index (χ0) is 13.7. The number of benzene rings is 1. The lowest BCUT2D eigenvalue weighted by molar-refractivity contribution is -0.118. The van der Waals surface area contributed by atoms with Gasteiger partial charge in [0.25, 0.3) is 0 Å². The third kappa shape index (κ3) is 4.46. The van der Waals surface area contributed by atoms with Gasteiger partial charge in [0, 0.05) is 12.8 Å². The molecule has 0 spiro atoms. The molecule has 1 atom stereocenters. The zero-order valence-corrected chi connectivity index (χ0v) is 12.1. The molecule has 0 aromatic heterocycles. The smallest absolute Gasteiger partial charge is 0.137 e. The summed E-state index contributed by atoms with van der Waals surface area (Å²) in [4.78, 5) is 12.0. The van der Waals surface area contributed by atoms with Crippen molar-refractivity contribution in [2.45, 2.75) is 45.4 Å². The topological polar surface area (TPSA) is 29.1 Å². The van der Waals surface area contributed by atoms with E-state index in [2.05, 4.69) is 43.4 Å². The summed E-state index contributed by atoms with van der Waals surface area (Å²) in [5.74, 6) is 1.65. The van der Waals surface area contributed by atoms with Crippen molar-refractivity contribution >= 4 is 5.78 Å². The molecular formula is C17H25NO. The van der Waals surface area contributed by atoms with Gasteiger partial charge in [0.05, 0.1) is 0 Å². The molecule has 0 radical (unpaired) electrons. The van der Waals surface area contributed by atoms with Crippen molar-refractivity contribution in [3.8, 4) is 0 Å². The van der Waals surface area contributed by atoms with Gasteiger partial charge in [-0.15, -0.1) is 0 Å². The highest BCUT2D eigenvalue weighted by molar-refractivity contribution is 5.80. The first-order chi connectivity index (χ1) is 9.15. The molecule has 1 N–H and O–H groups in total. The predicted octanol–water partition coefficient (Wildman–Crippen LogP) is 3.31. The average Bonchev–Trinajstić information content (AvgIpc) is 2.90. The van der Waals surface area contributed by atoms with Crippen LogP contribution in [-0.4, -0.2) is 18.9 Å². The Hall–Kier alpha value is -1.15. The van der Waals surface area contributed by atoms with Crippen LogP contribution < -0.4 is 5.32 Å². The molecule has 1 aromatic carbocycles. The fourth-order valence-electron chi connectivity index (χ4n) is 2.66. The van der Waals surface area contributed by atoms with Crippen LogP contribution in [0.4, 0.5) is 0 Å².